The first-order valence-corrected chi connectivity index (χ1v) is 9.98. The Hall–Kier alpha value is -3.28. The first kappa shape index (κ1) is 20.5. The van der Waals surface area contributed by atoms with Crippen LogP contribution in [0.1, 0.15) is 42.7 Å². The Morgan fingerprint density at radius 2 is 1.86 bits per heavy atom. The molecule has 2 N–H and O–H groups in total. The van der Waals surface area contributed by atoms with Gasteiger partial charge in [-0.15, -0.1) is 0 Å². The maximum absolute atomic E-state index is 12.5. The van der Waals surface area contributed by atoms with Crippen molar-refractivity contribution in [3.05, 3.63) is 65.9 Å². The van der Waals surface area contributed by atoms with E-state index in [1.807, 2.05) is 55.5 Å². The molecule has 0 unspecified atom stereocenters. The largest absolute Gasteiger partial charge is 0.494 e. The Morgan fingerprint density at radius 3 is 2.62 bits per heavy atom. The lowest BCUT2D eigenvalue weighted by molar-refractivity contribution is 0.0945. The Balaban J connectivity index is 1.60. The van der Waals surface area contributed by atoms with E-state index in [-0.39, 0.29) is 5.91 Å². The number of ether oxygens (including phenoxy) is 2. The average Bonchev–Trinajstić information content (AvgIpc) is 3.24. The number of H-pyrrole nitrogens is 1. The number of hydrogen-bond acceptors (Lipinski definition) is 4. The predicted octanol–water partition coefficient (Wildman–Crippen LogP) is 4.58. The molecule has 6 nitrogen and oxygen atoms in total. The van der Waals surface area contributed by atoms with Gasteiger partial charge in [0.15, 0.2) is 0 Å². The number of rotatable bonds is 10. The van der Waals surface area contributed by atoms with Gasteiger partial charge in [0.25, 0.3) is 5.91 Å². The van der Waals surface area contributed by atoms with Gasteiger partial charge in [-0.3, -0.25) is 9.89 Å². The monoisotopic (exact) mass is 393 g/mol. The van der Waals surface area contributed by atoms with Crippen LogP contribution in [0.2, 0.25) is 0 Å². The van der Waals surface area contributed by atoms with Crippen LogP contribution in [-0.4, -0.2) is 29.3 Å². The highest BCUT2D eigenvalue weighted by molar-refractivity contribution is 5.93. The number of unbranched alkanes of at least 4 members (excludes halogenated alkanes) is 1. The second-order valence-electron chi connectivity index (χ2n) is 6.62. The van der Waals surface area contributed by atoms with E-state index in [9.17, 15) is 4.79 Å². The summed E-state index contributed by atoms with van der Waals surface area (Å²) in [7, 11) is 0. The first-order chi connectivity index (χ1) is 14.2. The first-order valence-electron chi connectivity index (χ1n) is 9.98. The van der Waals surface area contributed by atoms with Crippen molar-refractivity contribution in [2.45, 2.75) is 33.2 Å². The lowest BCUT2D eigenvalue weighted by Gasteiger charge is -2.10. The van der Waals surface area contributed by atoms with E-state index >= 15 is 0 Å². The highest BCUT2D eigenvalue weighted by atomic mass is 16.5. The minimum atomic E-state index is -0.213. The van der Waals surface area contributed by atoms with E-state index in [4.69, 9.17) is 9.47 Å². The number of para-hydroxylation sites is 1. The summed E-state index contributed by atoms with van der Waals surface area (Å²) in [4.78, 5) is 12.5. The van der Waals surface area contributed by atoms with Crippen LogP contribution in [0.5, 0.6) is 11.5 Å². The molecule has 0 saturated carbocycles. The van der Waals surface area contributed by atoms with E-state index in [2.05, 4.69) is 22.4 Å². The Kier molecular flexibility index (Phi) is 7.28. The third kappa shape index (κ3) is 5.60. The Morgan fingerprint density at radius 1 is 1.07 bits per heavy atom. The number of nitrogens with one attached hydrogen (secondary N) is 2. The second-order valence-corrected chi connectivity index (χ2v) is 6.62. The van der Waals surface area contributed by atoms with E-state index in [1.165, 1.54) is 0 Å². The Labute approximate surface area is 171 Å². The van der Waals surface area contributed by atoms with E-state index in [0.29, 0.717) is 24.5 Å². The van der Waals surface area contributed by atoms with E-state index < -0.39 is 0 Å². The number of aromatic nitrogens is 2. The minimum Gasteiger partial charge on any atom is -0.494 e. The maximum atomic E-state index is 12.5. The molecule has 29 heavy (non-hydrogen) atoms. The van der Waals surface area contributed by atoms with Crippen molar-refractivity contribution in [3.8, 4) is 22.8 Å². The summed E-state index contributed by atoms with van der Waals surface area (Å²) in [5.74, 6) is 1.40. The smallest absolute Gasteiger partial charge is 0.269 e. The van der Waals surface area contributed by atoms with Crippen LogP contribution in [-0.2, 0) is 6.54 Å². The molecule has 0 radical (unpaired) electrons. The average molecular weight is 393 g/mol. The molecule has 1 aromatic heterocycles. The van der Waals surface area contributed by atoms with Crippen molar-refractivity contribution in [2.75, 3.05) is 13.2 Å². The molecule has 0 fully saturated rings. The normalized spacial score (nSPS) is 10.6. The topological polar surface area (TPSA) is 76.2 Å². The van der Waals surface area contributed by atoms with Gasteiger partial charge in [0.2, 0.25) is 0 Å². The van der Waals surface area contributed by atoms with Crippen LogP contribution in [0.4, 0.5) is 0 Å². The summed E-state index contributed by atoms with van der Waals surface area (Å²) in [5.41, 5.74) is 2.98. The number of benzene rings is 2. The third-order valence-corrected chi connectivity index (χ3v) is 4.45. The molecule has 1 amide bonds. The van der Waals surface area contributed by atoms with Crippen LogP contribution >= 0.6 is 0 Å². The lowest BCUT2D eigenvalue weighted by Crippen LogP contribution is -2.23. The summed E-state index contributed by atoms with van der Waals surface area (Å²) >= 11 is 0. The fraction of sp³-hybridized carbons (Fsp3) is 0.304. The molecule has 1 heterocycles. The van der Waals surface area contributed by atoms with Gasteiger partial charge in [-0.1, -0.05) is 31.5 Å². The van der Waals surface area contributed by atoms with Crippen LogP contribution in [0.3, 0.4) is 0 Å². The molecule has 0 atom stereocenters. The minimum absolute atomic E-state index is 0.213. The molecule has 152 valence electrons. The number of hydrogen-bond donors (Lipinski definition) is 2. The van der Waals surface area contributed by atoms with Gasteiger partial charge in [0, 0.05) is 17.7 Å². The van der Waals surface area contributed by atoms with Crippen LogP contribution in [0, 0.1) is 0 Å². The fourth-order valence-corrected chi connectivity index (χ4v) is 2.86. The summed E-state index contributed by atoms with van der Waals surface area (Å²) < 4.78 is 11.3. The summed E-state index contributed by atoms with van der Waals surface area (Å²) in [6.45, 7) is 5.75. The van der Waals surface area contributed by atoms with Crippen molar-refractivity contribution >= 4 is 5.91 Å². The van der Waals surface area contributed by atoms with Gasteiger partial charge < -0.3 is 14.8 Å². The zero-order chi connectivity index (χ0) is 20.5. The molecule has 0 aliphatic rings. The second kappa shape index (κ2) is 10.3. The summed E-state index contributed by atoms with van der Waals surface area (Å²) in [6.07, 6.45) is 2.14. The molecule has 3 aromatic rings. The highest BCUT2D eigenvalue weighted by Gasteiger charge is 2.12. The number of carbonyl (C=O) groups excluding carboxylic acids is 1. The van der Waals surface area contributed by atoms with Crippen LogP contribution in [0.25, 0.3) is 11.3 Å². The zero-order valence-electron chi connectivity index (χ0n) is 16.9. The van der Waals surface area contributed by atoms with Gasteiger partial charge in [-0.2, -0.15) is 5.10 Å². The molecular weight excluding hydrogens is 366 g/mol. The molecule has 0 spiro atoms. The van der Waals surface area contributed by atoms with Gasteiger partial charge in [0.05, 0.1) is 18.9 Å². The summed E-state index contributed by atoms with van der Waals surface area (Å²) in [6, 6.07) is 17.1. The van der Waals surface area contributed by atoms with Gasteiger partial charge in [-0.25, -0.2) is 0 Å². The Bertz CT molecular complexity index is 919. The highest BCUT2D eigenvalue weighted by Crippen LogP contribution is 2.22. The molecule has 2 aromatic carbocycles. The van der Waals surface area contributed by atoms with Crippen molar-refractivity contribution in [2.24, 2.45) is 0 Å². The standard InChI is InChI=1S/C23H27N3O3/c1-3-5-14-29-19-12-10-17(11-13-19)20-15-21(26-25-20)23(27)24-16-18-8-6-7-9-22(18)28-4-2/h6-13,15H,3-5,14,16H2,1-2H3,(H,24,27)(H,25,26). The van der Waals surface area contributed by atoms with E-state index in [0.717, 1.165) is 42.1 Å². The van der Waals surface area contributed by atoms with Gasteiger partial charge in [0.1, 0.15) is 17.2 Å². The van der Waals surface area contributed by atoms with Crippen molar-refractivity contribution in [3.63, 3.8) is 0 Å². The quantitative estimate of drug-likeness (QED) is 0.494. The maximum Gasteiger partial charge on any atom is 0.269 e. The molecule has 0 bridgehead atoms. The fourth-order valence-electron chi connectivity index (χ4n) is 2.86. The van der Waals surface area contributed by atoms with Crippen molar-refractivity contribution < 1.29 is 14.3 Å². The summed E-state index contributed by atoms with van der Waals surface area (Å²) in [5, 5.41) is 9.98. The molecule has 6 heteroatoms. The third-order valence-electron chi connectivity index (χ3n) is 4.45. The van der Waals surface area contributed by atoms with Crippen molar-refractivity contribution in [1.29, 1.82) is 0 Å². The molecule has 3 rings (SSSR count). The molecular formula is C23H27N3O3. The van der Waals surface area contributed by atoms with Crippen LogP contribution < -0.4 is 14.8 Å². The van der Waals surface area contributed by atoms with Gasteiger partial charge >= 0.3 is 0 Å². The zero-order valence-corrected chi connectivity index (χ0v) is 16.9. The van der Waals surface area contributed by atoms with Gasteiger partial charge in [-0.05, 0) is 49.7 Å². The number of carbonyl (C=O) groups is 1. The molecule has 0 aliphatic carbocycles. The lowest BCUT2D eigenvalue weighted by atomic mass is 10.1. The molecule has 0 saturated heterocycles. The number of nitrogens with zero attached hydrogens (tertiary/aromatic N) is 1. The number of aromatic amines is 1. The SMILES string of the molecule is CCCCOc1ccc(-c2cc(C(=O)NCc3ccccc3OCC)[nH]n2)cc1. The predicted molar refractivity (Wildman–Crippen MR) is 113 cm³/mol. The van der Waals surface area contributed by atoms with Crippen LogP contribution in [0.15, 0.2) is 54.6 Å². The molecule has 0 aliphatic heterocycles. The number of amides is 1. The van der Waals surface area contributed by atoms with Crippen molar-refractivity contribution in [1.82, 2.24) is 15.5 Å². The van der Waals surface area contributed by atoms with E-state index in [1.54, 1.807) is 6.07 Å².